The van der Waals surface area contributed by atoms with Crippen LogP contribution in [0.3, 0.4) is 0 Å². The van der Waals surface area contributed by atoms with E-state index in [0.717, 1.165) is 29.5 Å². The molecule has 0 radical (unpaired) electrons. The van der Waals surface area contributed by atoms with Crippen LogP contribution in [0.1, 0.15) is 93.9 Å². The van der Waals surface area contributed by atoms with Crippen molar-refractivity contribution in [1.29, 1.82) is 0 Å². The number of carbonyl (C=O) groups is 2. The molecule has 1 aliphatic carbocycles. The lowest BCUT2D eigenvalue weighted by molar-refractivity contribution is -0.141. The van der Waals surface area contributed by atoms with Crippen molar-refractivity contribution in [2.45, 2.75) is 104 Å². The fourth-order valence-corrected chi connectivity index (χ4v) is 4.90. The van der Waals surface area contributed by atoms with Crippen molar-refractivity contribution in [2.75, 3.05) is 0 Å². The molecule has 2 amide bonds. The van der Waals surface area contributed by atoms with Gasteiger partial charge in [-0.15, -0.1) is 0 Å². The fraction of sp³-hybridized carbons (Fsp3) is 0.533. The highest BCUT2D eigenvalue weighted by Crippen LogP contribution is 2.21. The second-order valence-electron chi connectivity index (χ2n) is 10.1. The second-order valence-corrected chi connectivity index (χ2v) is 10.1. The van der Waals surface area contributed by atoms with E-state index in [1.54, 1.807) is 0 Å². The van der Waals surface area contributed by atoms with E-state index >= 15 is 0 Å². The first kappa shape index (κ1) is 26.0. The molecule has 4 nitrogen and oxygen atoms in total. The third kappa shape index (κ3) is 7.19. The molecule has 1 N–H and O–H groups in total. The van der Waals surface area contributed by atoms with E-state index in [1.807, 2.05) is 24.0 Å². The minimum atomic E-state index is -0.447. The molecule has 34 heavy (non-hydrogen) atoms. The van der Waals surface area contributed by atoms with Gasteiger partial charge in [-0.1, -0.05) is 88.6 Å². The Morgan fingerprint density at radius 2 is 1.68 bits per heavy atom. The summed E-state index contributed by atoms with van der Waals surface area (Å²) in [7, 11) is 0. The summed E-state index contributed by atoms with van der Waals surface area (Å²) in [5.74, 6) is 0.535. The Morgan fingerprint density at radius 3 is 2.29 bits per heavy atom. The summed E-state index contributed by atoms with van der Waals surface area (Å²) < 4.78 is 0. The van der Waals surface area contributed by atoms with Crippen LogP contribution in [0.25, 0.3) is 0 Å². The van der Waals surface area contributed by atoms with Crippen LogP contribution in [0.15, 0.2) is 48.5 Å². The lowest BCUT2D eigenvalue weighted by Crippen LogP contribution is -2.51. The normalized spacial score (nSPS) is 15.2. The number of nitrogens with zero attached hydrogens (tertiary/aromatic N) is 1. The van der Waals surface area contributed by atoms with E-state index in [1.165, 1.54) is 24.8 Å². The quantitative estimate of drug-likeness (QED) is 0.450. The molecular weight excluding hydrogens is 420 g/mol. The number of hydrogen-bond acceptors (Lipinski definition) is 2. The van der Waals surface area contributed by atoms with E-state index in [-0.39, 0.29) is 17.9 Å². The molecule has 1 atom stereocenters. The molecule has 3 rings (SSSR count). The van der Waals surface area contributed by atoms with Crippen molar-refractivity contribution in [3.05, 3.63) is 70.8 Å². The Balaban J connectivity index is 1.74. The number of nitrogens with one attached hydrogen (secondary N) is 1. The lowest BCUT2D eigenvalue weighted by atomic mass is 9.95. The van der Waals surface area contributed by atoms with Gasteiger partial charge in [-0.25, -0.2) is 0 Å². The predicted molar refractivity (Wildman–Crippen MR) is 140 cm³/mol. The standard InChI is InChI=1S/C30H42N2O2/c1-5-28(30(34)31-27-13-7-6-8-14-27)32(21-26-12-10-9-11-23(26)4)29(33)20-17-24-15-18-25(19-16-24)22(2)3/h9-12,15-16,18-19,22,27-28H,5-8,13-14,17,20-21H2,1-4H3,(H,31,34)/t28-/m1/s1. The molecule has 0 spiro atoms. The van der Waals surface area contributed by atoms with Crippen LogP contribution in [-0.2, 0) is 22.6 Å². The Hall–Kier alpha value is -2.62. The number of amides is 2. The van der Waals surface area contributed by atoms with Crippen LogP contribution in [0, 0.1) is 6.92 Å². The Morgan fingerprint density at radius 1 is 1.00 bits per heavy atom. The van der Waals surface area contributed by atoms with Crippen LogP contribution in [0.4, 0.5) is 0 Å². The molecule has 2 aromatic rings. The number of hydrogen-bond donors (Lipinski definition) is 1. The summed E-state index contributed by atoms with van der Waals surface area (Å²) in [5, 5.41) is 3.26. The maximum absolute atomic E-state index is 13.6. The number of aryl methyl sites for hydroxylation is 2. The van der Waals surface area contributed by atoms with Crippen LogP contribution in [-0.4, -0.2) is 28.8 Å². The van der Waals surface area contributed by atoms with E-state index in [2.05, 4.69) is 62.5 Å². The molecule has 0 heterocycles. The highest BCUT2D eigenvalue weighted by atomic mass is 16.2. The topological polar surface area (TPSA) is 49.4 Å². The minimum absolute atomic E-state index is 0.00220. The number of rotatable bonds is 10. The molecule has 2 aromatic carbocycles. The van der Waals surface area contributed by atoms with Gasteiger partial charge in [0.05, 0.1) is 0 Å². The maximum atomic E-state index is 13.6. The maximum Gasteiger partial charge on any atom is 0.243 e. The van der Waals surface area contributed by atoms with Crippen molar-refractivity contribution in [3.63, 3.8) is 0 Å². The summed E-state index contributed by atoms with van der Waals surface area (Å²) in [6, 6.07) is 16.5. The zero-order chi connectivity index (χ0) is 24.5. The highest BCUT2D eigenvalue weighted by Gasteiger charge is 2.30. The third-order valence-electron chi connectivity index (χ3n) is 7.21. The molecule has 0 saturated heterocycles. The first-order valence-corrected chi connectivity index (χ1v) is 13.1. The zero-order valence-electron chi connectivity index (χ0n) is 21.5. The molecular formula is C30H42N2O2. The van der Waals surface area contributed by atoms with Crippen LogP contribution in [0.2, 0.25) is 0 Å². The van der Waals surface area contributed by atoms with Gasteiger partial charge in [0, 0.05) is 19.0 Å². The van der Waals surface area contributed by atoms with Gasteiger partial charge in [0.25, 0.3) is 0 Å². The lowest BCUT2D eigenvalue weighted by Gasteiger charge is -2.33. The van der Waals surface area contributed by atoms with Crippen molar-refractivity contribution in [1.82, 2.24) is 10.2 Å². The van der Waals surface area contributed by atoms with Crippen LogP contribution in [0.5, 0.6) is 0 Å². The Labute approximate surface area is 206 Å². The average molecular weight is 463 g/mol. The van der Waals surface area contributed by atoms with Crippen molar-refractivity contribution >= 4 is 11.8 Å². The zero-order valence-corrected chi connectivity index (χ0v) is 21.5. The Bertz CT molecular complexity index is 929. The van der Waals surface area contributed by atoms with E-state index < -0.39 is 6.04 Å². The molecule has 0 aromatic heterocycles. The number of benzene rings is 2. The van der Waals surface area contributed by atoms with Gasteiger partial charge in [0.1, 0.15) is 6.04 Å². The van der Waals surface area contributed by atoms with Crippen LogP contribution < -0.4 is 5.32 Å². The average Bonchev–Trinajstić information content (AvgIpc) is 2.84. The SMILES string of the molecule is CC[C@H](C(=O)NC1CCCCC1)N(Cc1ccccc1C)C(=O)CCc1ccc(C(C)C)cc1. The first-order chi connectivity index (χ1) is 16.4. The first-order valence-electron chi connectivity index (χ1n) is 13.1. The van der Waals surface area contributed by atoms with Crippen LogP contribution >= 0.6 is 0 Å². The third-order valence-corrected chi connectivity index (χ3v) is 7.21. The van der Waals surface area contributed by atoms with Gasteiger partial charge in [0.15, 0.2) is 0 Å². The molecule has 1 fully saturated rings. The molecule has 1 saturated carbocycles. The van der Waals surface area contributed by atoms with E-state index in [4.69, 9.17) is 0 Å². The highest BCUT2D eigenvalue weighted by molar-refractivity contribution is 5.88. The van der Waals surface area contributed by atoms with Gasteiger partial charge < -0.3 is 10.2 Å². The van der Waals surface area contributed by atoms with E-state index in [0.29, 0.717) is 31.7 Å². The van der Waals surface area contributed by atoms with Gasteiger partial charge >= 0.3 is 0 Å². The Kier molecular flexibility index (Phi) is 9.74. The van der Waals surface area contributed by atoms with Gasteiger partial charge in [0.2, 0.25) is 11.8 Å². The van der Waals surface area contributed by atoms with Gasteiger partial charge in [-0.05, 0) is 60.8 Å². The fourth-order valence-electron chi connectivity index (χ4n) is 4.90. The predicted octanol–water partition coefficient (Wildman–Crippen LogP) is 6.31. The molecule has 4 heteroatoms. The van der Waals surface area contributed by atoms with Gasteiger partial charge in [-0.3, -0.25) is 9.59 Å². The van der Waals surface area contributed by atoms with Crippen molar-refractivity contribution < 1.29 is 9.59 Å². The summed E-state index contributed by atoms with van der Waals surface area (Å²) in [5.41, 5.74) is 4.71. The number of carbonyl (C=O) groups excluding carboxylic acids is 2. The van der Waals surface area contributed by atoms with E-state index in [9.17, 15) is 9.59 Å². The molecule has 0 bridgehead atoms. The van der Waals surface area contributed by atoms with Crippen molar-refractivity contribution in [3.8, 4) is 0 Å². The van der Waals surface area contributed by atoms with Crippen molar-refractivity contribution in [2.24, 2.45) is 0 Å². The summed E-state index contributed by atoms with van der Waals surface area (Å²) in [4.78, 5) is 28.7. The van der Waals surface area contributed by atoms with Gasteiger partial charge in [-0.2, -0.15) is 0 Å². The summed E-state index contributed by atoms with van der Waals surface area (Å²) >= 11 is 0. The monoisotopic (exact) mass is 462 g/mol. The summed E-state index contributed by atoms with van der Waals surface area (Å²) in [6.07, 6.45) is 7.37. The largest absolute Gasteiger partial charge is 0.352 e. The second kappa shape index (κ2) is 12.7. The molecule has 0 unspecified atom stereocenters. The molecule has 184 valence electrons. The smallest absolute Gasteiger partial charge is 0.243 e. The summed E-state index contributed by atoms with van der Waals surface area (Å²) in [6.45, 7) is 8.91. The molecule has 0 aliphatic heterocycles. The molecule has 1 aliphatic rings. The minimum Gasteiger partial charge on any atom is -0.352 e.